The summed E-state index contributed by atoms with van der Waals surface area (Å²) in [7, 11) is 2.84. The zero-order chi connectivity index (χ0) is 24.0. The molecule has 5 rings (SSSR count). The minimum Gasteiger partial charge on any atom is -0.493 e. The van der Waals surface area contributed by atoms with Crippen molar-refractivity contribution in [2.75, 3.05) is 14.2 Å². The van der Waals surface area contributed by atoms with Gasteiger partial charge in [0.1, 0.15) is 17.1 Å². The minimum absolute atomic E-state index is 0.0587. The lowest BCUT2D eigenvalue weighted by atomic mass is 9.95. The summed E-state index contributed by atoms with van der Waals surface area (Å²) in [5.74, 6) is -0.453. The van der Waals surface area contributed by atoms with Crippen LogP contribution in [-0.2, 0) is 0 Å². The number of halogens is 2. The molecule has 0 saturated carbocycles. The molecule has 0 spiro atoms. The number of ether oxygens (including phenoxy) is 3. The van der Waals surface area contributed by atoms with E-state index in [1.807, 2.05) is 18.2 Å². The Labute approximate surface area is 203 Å². The van der Waals surface area contributed by atoms with Crippen molar-refractivity contribution in [1.29, 1.82) is 0 Å². The quantitative estimate of drug-likeness (QED) is 0.469. The Kier molecular flexibility index (Phi) is 5.65. The van der Waals surface area contributed by atoms with Crippen LogP contribution in [0, 0.1) is 5.82 Å². The number of benzene rings is 3. The van der Waals surface area contributed by atoms with E-state index >= 15 is 0 Å². The molecule has 3 aromatic rings. The van der Waals surface area contributed by atoms with E-state index < -0.39 is 12.2 Å². The molecular formula is C25H20BrFN2O5. The van der Waals surface area contributed by atoms with E-state index in [4.69, 9.17) is 19.3 Å². The van der Waals surface area contributed by atoms with Gasteiger partial charge in [-0.2, -0.15) is 5.10 Å². The molecule has 0 saturated heterocycles. The van der Waals surface area contributed by atoms with E-state index in [0.717, 1.165) is 21.3 Å². The summed E-state index contributed by atoms with van der Waals surface area (Å²) in [6.45, 7) is 0. The van der Waals surface area contributed by atoms with Crippen LogP contribution >= 0.6 is 15.9 Å². The summed E-state index contributed by atoms with van der Waals surface area (Å²) in [6.07, 6.45) is -0.285. The number of aromatic carboxylic acids is 1. The molecule has 2 heterocycles. The van der Waals surface area contributed by atoms with Crippen LogP contribution in [0.2, 0.25) is 0 Å². The molecule has 2 aliphatic heterocycles. The first kappa shape index (κ1) is 22.2. The Morgan fingerprint density at radius 1 is 1.12 bits per heavy atom. The number of carbonyl (C=O) groups is 1. The van der Waals surface area contributed by atoms with Gasteiger partial charge in [0.05, 0.1) is 26.0 Å². The predicted octanol–water partition coefficient (Wildman–Crippen LogP) is 5.55. The first-order chi connectivity index (χ1) is 16.4. The zero-order valence-electron chi connectivity index (χ0n) is 18.3. The normalized spacial score (nSPS) is 18.5. The molecule has 2 unspecified atom stereocenters. The van der Waals surface area contributed by atoms with Crippen molar-refractivity contribution in [1.82, 2.24) is 5.01 Å². The lowest BCUT2D eigenvalue weighted by Crippen LogP contribution is -2.34. The number of carboxylic acid groups (broad SMARTS) is 1. The second-order valence-electron chi connectivity index (χ2n) is 7.88. The zero-order valence-corrected chi connectivity index (χ0v) is 19.9. The largest absolute Gasteiger partial charge is 0.493 e. The van der Waals surface area contributed by atoms with Crippen LogP contribution in [0.5, 0.6) is 17.2 Å². The van der Waals surface area contributed by atoms with Crippen molar-refractivity contribution >= 4 is 27.6 Å². The first-order valence-corrected chi connectivity index (χ1v) is 11.3. The van der Waals surface area contributed by atoms with Crippen molar-refractivity contribution in [2.24, 2.45) is 5.10 Å². The molecule has 0 radical (unpaired) electrons. The Bertz CT molecular complexity index is 1310. The molecule has 0 bridgehead atoms. The van der Waals surface area contributed by atoms with Crippen LogP contribution in [0.25, 0.3) is 0 Å². The van der Waals surface area contributed by atoms with Crippen LogP contribution < -0.4 is 14.2 Å². The number of hydrogen-bond donors (Lipinski definition) is 1. The van der Waals surface area contributed by atoms with E-state index in [-0.39, 0.29) is 23.2 Å². The highest BCUT2D eigenvalue weighted by atomic mass is 79.9. The number of carboxylic acids is 1. The molecule has 0 aliphatic carbocycles. The molecule has 9 heteroatoms. The molecule has 0 aromatic heterocycles. The Morgan fingerprint density at radius 3 is 2.56 bits per heavy atom. The number of hydrazone groups is 1. The van der Waals surface area contributed by atoms with Gasteiger partial charge < -0.3 is 19.3 Å². The van der Waals surface area contributed by atoms with Gasteiger partial charge in [0, 0.05) is 22.0 Å². The SMILES string of the molecule is COc1ccc(C2Oc3ccc(Br)cc3C3CC(c4ccc(F)cc4)=NN32)c(C(=O)O)c1OC. The molecule has 7 nitrogen and oxygen atoms in total. The molecule has 1 N–H and O–H groups in total. The highest BCUT2D eigenvalue weighted by molar-refractivity contribution is 9.10. The first-order valence-electron chi connectivity index (χ1n) is 10.5. The Balaban J connectivity index is 1.67. The Morgan fingerprint density at radius 2 is 1.88 bits per heavy atom. The van der Waals surface area contributed by atoms with Crippen molar-refractivity contribution < 1.29 is 28.5 Å². The number of methoxy groups -OCH3 is 2. The van der Waals surface area contributed by atoms with Crippen LogP contribution in [0.15, 0.2) is 64.2 Å². The maximum Gasteiger partial charge on any atom is 0.340 e. The summed E-state index contributed by atoms with van der Waals surface area (Å²) in [5, 5.41) is 16.7. The second-order valence-corrected chi connectivity index (χ2v) is 8.79. The lowest BCUT2D eigenvalue weighted by molar-refractivity contribution is -0.0199. The molecular weight excluding hydrogens is 507 g/mol. The van der Waals surface area contributed by atoms with Gasteiger partial charge >= 0.3 is 5.97 Å². The maximum atomic E-state index is 13.5. The average molecular weight is 527 g/mol. The molecule has 3 aromatic carbocycles. The van der Waals surface area contributed by atoms with Gasteiger partial charge in [-0.3, -0.25) is 0 Å². The van der Waals surface area contributed by atoms with E-state index in [9.17, 15) is 14.3 Å². The maximum absolute atomic E-state index is 13.5. The second kappa shape index (κ2) is 8.64. The van der Waals surface area contributed by atoms with Gasteiger partial charge in [-0.15, -0.1) is 0 Å². The molecule has 2 aliphatic rings. The highest BCUT2D eigenvalue weighted by Gasteiger charge is 2.43. The molecule has 0 amide bonds. The van der Waals surface area contributed by atoms with Crippen molar-refractivity contribution in [2.45, 2.75) is 18.7 Å². The third-order valence-electron chi connectivity index (χ3n) is 5.99. The molecule has 174 valence electrons. The fraction of sp³-hybridized carbons (Fsp3) is 0.200. The van der Waals surface area contributed by atoms with Crippen molar-refractivity contribution in [3.05, 3.63) is 87.1 Å². The van der Waals surface area contributed by atoms with Crippen LogP contribution in [0.3, 0.4) is 0 Å². The smallest absolute Gasteiger partial charge is 0.340 e. The van der Waals surface area contributed by atoms with Gasteiger partial charge in [-0.1, -0.05) is 28.1 Å². The topological polar surface area (TPSA) is 80.6 Å². The van der Waals surface area contributed by atoms with Crippen LogP contribution in [-0.4, -0.2) is 36.0 Å². The molecule has 34 heavy (non-hydrogen) atoms. The lowest BCUT2D eigenvalue weighted by Gasteiger charge is -2.38. The molecule has 2 atom stereocenters. The van der Waals surface area contributed by atoms with Crippen LogP contribution in [0.1, 0.15) is 45.7 Å². The molecule has 0 fully saturated rings. The predicted molar refractivity (Wildman–Crippen MR) is 126 cm³/mol. The number of nitrogens with zero attached hydrogens (tertiary/aromatic N) is 2. The van der Waals surface area contributed by atoms with E-state index in [0.29, 0.717) is 23.5 Å². The van der Waals surface area contributed by atoms with Gasteiger partial charge in [0.25, 0.3) is 0 Å². The van der Waals surface area contributed by atoms with E-state index in [1.165, 1.54) is 26.4 Å². The number of rotatable bonds is 5. The summed E-state index contributed by atoms with van der Waals surface area (Å²) >= 11 is 3.52. The van der Waals surface area contributed by atoms with E-state index in [2.05, 4.69) is 15.9 Å². The van der Waals surface area contributed by atoms with E-state index in [1.54, 1.807) is 29.3 Å². The highest BCUT2D eigenvalue weighted by Crippen LogP contribution is 2.50. The van der Waals surface area contributed by atoms with Gasteiger partial charge in [-0.25, -0.2) is 14.2 Å². The van der Waals surface area contributed by atoms with Gasteiger partial charge in [0.15, 0.2) is 11.5 Å². The summed E-state index contributed by atoms with van der Waals surface area (Å²) < 4.78 is 31.4. The fourth-order valence-electron chi connectivity index (χ4n) is 4.45. The fourth-order valence-corrected chi connectivity index (χ4v) is 4.83. The average Bonchev–Trinajstić information content (AvgIpc) is 3.29. The van der Waals surface area contributed by atoms with Crippen LogP contribution in [0.4, 0.5) is 4.39 Å². The summed E-state index contributed by atoms with van der Waals surface area (Å²) in [5.41, 5.74) is 2.79. The Hall–Kier alpha value is -3.59. The summed E-state index contributed by atoms with van der Waals surface area (Å²) in [4.78, 5) is 12.3. The van der Waals surface area contributed by atoms with Gasteiger partial charge in [-0.05, 0) is 48.0 Å². The summed E-state index contributed by atoms with van der Waals surface area (Å²) in [6, 6.07) is 14.9. The monoisotopic (exact) mass is 526 g/mol. The van der Waals surface area contributed by atoms with Crippen molar-refractivity contribution in [3.8, 4) is 17.2 Å². The number of fused-ring (bicyclic) bond motifs is 3. The third-order valence-corrected chi connectivity index (χ3v) is 6.48. The standard InChI is InChI=1S/C25H20BrFN2O5/c1-32-21-10-8-16(22(25(30)31)23(21)33-2)24-29-19(17-11-14(26)5-9-20(17)34-24)12-18(28-29)13-3-6-15(27)7-4-13/h3-11,19,24H,12H2,1-2H3,(H,30,31). The van der Waals surface area contributed by atoms with Crippen molar-refractivity contribution in [3.63, 3.8) is 0 Å². The third kappa shape index (κ3) is 3.66. The number of hydrogen-bond acceptors (Lipinski definition) is 6. The minimum atomic E-state index is -1.17. The van der Waals surface area contributed by atoms with Gasteiger partial charge in [0.2, 0.25) is 6.23 Å².